The molecule has 0 saturated carbocycles. The number of benzene rings is 1. The Morgan fingerprint density at radius 2 is 1.85 bits per heavy atom. The van der Waals surface area contributed by atoms with Crippen molar-refractivity contribution in [2.75, 3.05) is 39.2 Å². The lowest BCUT2D eigenvalue weighted by Crippen LogP contribution is -2.38. The second-order valence-corrected chi connectivity index (χ2v) is 6.06. The minimum absolute atomic E-state index is 0. The molecule has 0 atom stereocenters. The van der Waals surface area contributed by atoms with Crippen LogP contribution in [0.5, 0.6) is 5.75 Å². The van der Waals surface area contributed by atoms with Gasteiger partial charge < -0.3 is 20.3 Å². The van der Waals surface area contributed by atoms with Crippen molar-refractivity contribution in [3.8, 4) is 5.75 Å². The number of methoxy groups -OCH3 is 1. The number of hydrogen-bond acceptors (Lipinski definition) is 4. The molecule has 0 aliphatic carbocycles. The maximum absolute atomic E-state index is 5.41. The summed E-state index contributed by atoms with van der Waals surface area (Å²) in [4.78, 5) is 11.1. The Balaban J connectivity index is 0.00000364. The number of halogens is 1. The normalized spacial score (nSPS) is 10.7. The Morgan fingerprint density at radius 3 is 2.56 bits per heavy atom. The maximum atomic E-state index is 5.41. The van der Waals surface area contributed by atoms with Gasteiger partial charge in [0, 0.05) is 38.9 Å². The molecule has 0 saturated heterocycles. The van der Waals surface area contributed by atoms with Crippen LogP contribution in [0, 0.1) is 0 Å². The topological polar surface area (TPSA) is 61.8 Å². The molecule has 0 aliphatic heterocycles. The molecule has 1 aromatic carbocycles. The number of ether oxygens (including phenoxy) is 1. The van der Waals surface area contributed by atoms with Crippen LogP contribution >= 0.6 is 24.0 Å². The van der Waals surface area contributed by atoms with E-state index in [1.807, 2.05) is 43.3 Å². The number of guanidine groups is 1. The quantitative estimate of drug-likeness (QED) is 0.344. The second-order valence-electron chi connectivity index (χ2n) is 6.06. The molecule has 0 bridgehead atoms. The van der Waals surface area contributed by atoms with Crippen LogP contribution in [0.3, 0.4) is 0 Å². The van der Waals surface area contributed by atoms with E-state index in [1.54, 1.807) is 13.3 Å². The van der Waals surface area contributed by atoms with Crippen LogP contribution in [0.2, 0.25) is 0 Å². The Kier molecular flexibility index (Phi) is 10.5. The number of rotatable bonds is 8. The zero-order chi connectivity index (χ0) is 18.8. The molecule has 0 radical (unpaired) electrons. The van der Waals surface area contributed by atoms with Crippen LogP contribution in [0.15, 0.2) is 47.6 Å². The van der Waals surface area contributed by atoms with E-state index >= 15 is 0 Å². The van der Waals surface area contributed by atoms with Gasteiger partial charge >= 0.3 is 0 Å². The summed E-state index contributed by atoms with van der Waals surface area (Å²) in [6, 6.07) is 12.1. The first kappa shape index (κ1) is 23.0. The fourth-order valence-electron chi connectivity index (χ4n) is 2.69. The van der Waals surface area contributed by atoms with E-state index in [9.17, 15) is 0 Å². The summed E-state index contributed by atoms with van der Waals surface area (Å²) in [5.74, 6) is 2.67. The summed E-state index contributed by atoms with van der Waals surface area (Å²) < 4.78 is 5.41. The molecular weight excluding hydrogens is 453 g/mol. The number of aliphatic imine (C=N–C) groups is 1. The van der Waals surface area contributed by atoms with Gasteiger partial charge in [-0.15, -0.1) is 24.0 Å². The number of nitrogens with zero attached hydrogens (tertiary/aromatic N) is 3. The van der Waals surface area contributed by atoms with Crippen LogP contribution < -0.4 is 20.3 Å². The zero-order valence-corrected chi connectivity index (χ0v) is 18.9. The molecule has 27 heavy (non-hydrogen) atoms. The third kappa shape index (κ3) is 7.24. The van der Waals surface area contributed by atoms with Gasteiger partial charge in [-0.05, 0) is 31.0 Å². The molecule has 2 N–H and O–H groups in total. The molecule has 0 aliphatic rings. The van der Waals surface area contributed by atoms with Crippen molar-refractivity contribution in [2.24, 2.45) is 4.99 Å². The Bertz CT molecular complexity index is 721. The fourth-order valence-corrected chi connectivity index (χ4v) is 2.69. The number of nitrogens with one attached hydrogen (secondary N) is 2. The van der Waals surface area contributed by atoms with Crippen LogP contribution in [-0.4, -0.2) is 45.2 Å². The third-order valence-corrected chi connectivity index (χ3v) is 3.92. The van der Waals surface area contributed by atoms with E-state index in [0.29, 0.717) is 6.54 Å². The average Bonchev–Trinajstić information content (AvgIpc) is 2.66. The van der Waals surface area contributed by atoms with Crippen molar-refractivity contribution in [2.45, 2.75) is 19.9 Å². The molecule has 148 valence electrons. The number of hydrogen-bond donors (Lipinski definition) is 2. The molecular formula is C20H30IN5O. The van der Waals surface area contributed by atoms with Gasteiger partial charge in [-0.25, -0.2) is 9.98 Å². The summed E-state index contributed by atoms with van der Waals surface area (Å²) in [6.07, 6.45) is 2.67. The van der Waals surface area contributed by atoms with Gasteiger partial charge in [-0.3, -0.25) is 0 Å². The molecule has 0 unspecified atom stereocenters. The maximum Gasteiger partial charge on any atom is 0.191 e. The Morgan fingerprint density at radius 1 is 1.11 bits per heavy atom. The SMILES string of the molecule is CCNC(=NCc1cccnc1N(C)C)NCCc1ccccc1OC.I. The molecule has 0 amide bonds. The highest BCUT2D eigenvalue weighted by molar-refractivity contribution is 14.0. The average molecular weight is 483 g/mol. The van der Waals surface area contributed by atoms with Crippen LogP contribution in [0.1, 0.15) is 18.1 Å². The highest BCUT2D eigenvalue weighted by Crippen LogP contribution is 2.17. The van der Waals surface area contributed by atoms with Gasteiger partial charge in [0.25, 0.3) is 0 Å². The van der Waals surface area contributed by atoms with Crippen LogP contribution in [0.4, 0.5) is 5.82 Å². The van der Waals surface area contributed by atoms with E-state index in [1.165, 1.54) is 5.56 Å². The molecule has 1 aromatic heterocycles. The first-order chi connectivity index (χ1) is 12.7. The number of para-hydroxylation sites is 1. The van der Waals surface area contributed by atoms with E-state index < -0.39 is 0 Å². The van der Waals surface area contributed by atoms with Crippen molar-refractivity contribution in [1.29, 1.82) is 0 Å². The highest BCUT2D eigenvalue weighted by Gasteiger charge is 2.06. The predicted octanol–water partition coefficient (Wildman–Crippen LogP) is 3.07. The van der Waals surface area contributed by atoms with E-state index in [2.05, 4.69) is 34.7 Å². The summed E-state index contributed by atoms with van der Waals surface area (Å²) in [6.45, 7) is 4.23. The van der Waals surface area contributed by atoms with E-state index in [-0.39, 0.29) is 24.0 Å². The molecule has 2 aromatic rings. The molecule has 2 rings (SSSR count). The zero-order valence-electron chi connectivity index (χ0n) is 16.5. The van der Waals surface area contributed by atoms with Gasteiger partial charge in [0.1, 0.15) is 11.6 Å². The molecule has 0 fully saturated rings. The van der Waals surface area contributed by atoms with Crippen LogP contribution in [-0.2, 0) is 13.0 Å². The minimum Gasteiger partial charge on any atom is -0.496 e. The second kappa shape index (κ2) is 12.4. The standard InChI is InChI=1S/C20H29N5O.HI/c1-5-21-20(23-14-12-16-9-6-7-11-18(16)26-4)24-15-17-10-8-13-22-19(17)25(2)3;/h6-11,13H,5,12,14-15H2,1-4H3,(H2,21,23,24);1H. The summed E-state index contributed by atoms with van der Waals surface area (Å²) >= 11 is 0. The van der Waals surface area contributed by atoms with Gasteiger partial charge in [-0.1, -0.05) is 24.3 Å². The first-order valence-electron chi connectivity index (χ1n) is 8.91. The van der Waals surface area contributed by atoms with Crippen molar-refractivity contribution < 1.29 is 4.74 Å². The Labute approximate surface area is 179 Å². The Hall–Kier alpha value is -2.03. The summed E-state index contributed by atoms with van der Waals surface area (Å²) in [7, 11) is 5.69. The largest absolute Gasteiger partial charge is 0.496 e. The monoisotopic (exact) mass is 483 g/mol. The van der Waals surface area contributed by atoms with Crippen molar-refractivity contribution >= 4 is 35.8 Å². The number of aromatic nitrogens is 1. The summed E-state index contributed by atoms with van der Waals surface area (Å²) in [5.41, 5.74) is 2.28. The van der Waals surface area contributed by atoms with Crippen molar-refractivity contribution in [3.63, 3.8) is 0 Å². The molecule has 7 heteroatoms. The lowest BCUT2D eigenvalue weighted by Gasteiger charge is -2.16. The van der Waals surface area contributed by atoms with Crippen molar-refractivity contribution in [3.05, 3.63) is 53.7 Å². The smallest absolute Gasteiger partial charge is 0.191 e. The molecule has 6 nitrogen and oxygen atoms in total. The number of pyridine rings is 1. The van der Waals surface area contributed by atoms with Gasteiger partial charge in [-0.2, -0.15) is 0 Å². The van der Waals surface area contributed by atoms with E-state index in [0.717, 1.165) is 42.6 Å². The minimum atomic E-state index is 0. The van der Waals surface area contributed by atoms with E-state index in [4.69, 9.17) is 9.73 Å². The fraction of sp³-hybridized carbons (Fsp3) is 0.400. The predicted molar refractivity (Wildman–Crippen MR) is 123 cm³/mol. The van der Waals surface area contributed by atoms with Gasteiger partial charge in [0.05, 0.1) is 13.7 Å². The lowest BCUT2D eigenvalue weighted by atomic mass is 10.1. The highest BCUT2D eigenvalue weighted by atomic mass is 127. The summed E-state index contributed by atoms with van der Waals surface area (Å²) in [5, 5.41) is 6.68. The van der Waals surface area contributed by atoms with Crippen molar-refractivity contribution in [1.82, 2.24) is 15.6 Å². The van der Waals surface area contributed by atoms with Crippen LogP contribution in [0.25, 0.3) is 0 Å². The lowest BCUT2D eigenvalue weighted by molar-refractivity contribution is 0.409. The first-order valence-corrected chi connectivity index (χ1v) is 8.91. The number of anilines is 1. The van der Waals surface area contributed by atoms with Gasteiger partial charge in [0.2, 0.25) is 0 Å². The molecule has 1 heterocycles. The third-order valence-electron chi connectivity index (χ3n) is 3.92. The van der Waals surface area contributed by atoms with Gasteiger partial charge in [0.15, 0.2) is 5.96 Å². The molecule has 0 spiro atoms.